The molecule has 20 heavy (non-hydrogen) atoms. The fourth-order valence-electron chi connectivity index (χ4n) is 2.05. The van der Waals surface area contributed by atoms with Gasteiger partial charge < -0.3 is 5.32 Å². The summed E-state index contributed by atoms with van der Waals surface area (Å²) in [6, 6.07) is 4.64. The first-order chi connectivity index (χ1) is 9.50. The molecule has 1 aromatic rings. The van der Waals surface area contributed by atoms with E-state index in [2.05, 4.69) is 16.1 Å². The van der Waals surface area contributed by atoms with Crippen LogP contribution in [0.1, 0.15) is 12.8 Å². The van der Waals surface area contributed by atoms with Crippen molar-refractivity contribution in [2.24, 2.45) is 0 Å². The molecule has 1 aliphatic heterocycles. The molecular formula is C13H16Cl2N2O2S. The van der Waals surface area contributed by atoms with Crippen molar-refractivity contribution in [2.45, 2.75) is 17.7 Å². The molecule has 2 N–H and O–H groups in total. The van der Waals surface area contributed by atoms with Gasteiger partial charge in [0, 0.05) is 13.1 Å². The average molecular weight is 335 g/mol. The topological polar surface area (TPSA) is 58.2 Å². The minimum Gasteiger partial charge on any atom is -0.313 e. The second-order valence-electron chi connectivity index (χ2n) is 4.52. The highest BCUT2D eigenvalue weighted by atomic mass is 35.5. The van der Waals surface area contributed by atoms with Gasteiger partial charge in [0.05, 0.1) is 10.0 Å². The van der Waals surface area contributed by atoms with Crippen molar-refractivity contribution in [3.05, 3.63) is 39.9 Å². The Bertz CT molecular complexity index is 595. The summed E-state index contributed by atoms with van der Waals surface area (Å²) in [5, 5.41) is 3.47. The molecule has 0 radical (unpaired) electrons. The molecule has 0 saturated carbocycles. The number of nitrogens with one attached hydrogen (secondary N) is 2. The predicted molar refractivity (Wildman–Crippen MR) is 81.8 cm³/mol. The van der Waals surface area contributed by atoms with Crippen LogP contribution in [0.3, 0.4) is 0 Å². The monoisotopic (exact) mass is 334 g/mol. The van der Waals surface area contributed by atoms with Crippen molar-refractivity contribution in [3.63, 3.8) is 0 Å². The zero-order valence-electron chi connectivity index (χ0n) is 10.8. The summed E-state index contributed by atoms with van der Waals surface area (Å²) in [6.45, 7) is 2.13. The lowest BCUT2D eigenvalue weighted by Gasteiger charge is -2.14. The first kappa shape index (κ1) is 15.8. The standard InChI is InChI=1S/C13H16Cl2N2O2S/c14-11-2-1-3-12(15)13(11)20(18,19)17-9-6-10-4-7-16-8-5-10/h1-4,16-17H,5-9H2. The van der Waals surface area contributed by atoms with Crippen LogP contribution in [0.5, 0.6) is 0 Å². The van der Waals surface area contributed by atoms with Gasteiger partial charge in [-0.15, -0.1) is 0 Å². The normalized spacial score (nSPS) is 16.0. The zero-order valence-corrected chi connectivity index (χ0v) is 13.2. The molecule has 0 aliphatic carbocycles. The SMILES string of the molecule is O=S(=O)(NCCC1=CCNCC1)c1c(Cl)cccc1Cl. The smallest absolute Gasteiger partial charge is 0.243 e. The Morgan fingerprint density at radius 3 is 2.55 bits per heavy atom. The molecule has 1 aromatic carbocycles. The minimum atomic E-state index is -3.68. The van der Waals surface area contributed by atoms with E-state index < -0.39 is 10.0 Å². The summed E-state index contributed by atoms with van der Waals surface area (Å²) < 4.78 is 27.0. The van der Waals surface area contributed by atoms with Crippen molar-refractivity contribution >= 4 is 33.2 Å². The van der Waals surface area contributed by atoms with Crippen LogP contribution in [-0.2, 0) is 10.0 Å². The van der Waals surface area contributed by atoms with Crippen LogP contribution in [0, 0.1) is 0 Å². The van der Waals surface area contributed by atoms with Crippen molar-refractivity contribution in [1.29, 1.82) is 0 Å². The fraction of sp³-hybridized carbons (Fsp3) is 0.385. The van der Waals surface area contributed by atoms with E-state index in [1.54, 1.807) is 6.07 Å². The summed E-state index contributed by atoms with van der Waals surface area (Å²) in [4.78, 5) is -0.0531. The maximum absolute atomic E-state index is 12.2. The Morgan fingerprint density at radius 1 is 1.25 bits per heavy atom. The van der Waals surface area contributed by atoms with Crippen molar-refractivity contribution < 1.29 is 8.42 Å². The molecule has 0 atom stereocenters. The molecule has 110 valence electrons. The van der Waals surface area contributed by atoms with E-state index in [1.807, 2.05) is 0 Å². The Morgan fingerprint density at radius 2 is 1.95 bits per heavy atom. The van der Waals surface area contributed by atoms with Gasteiger partial charge in [0.25, 0.3) is 0 Å². The molecular weight excluding hydrogens is 319 g/mol. The predicted octanol–water partition coefficient (Wildman–Crippen LogP) is 2.58. The molecule has 0 saturated heterocycles. The maximum atomic E-state index is 12.2. The molecule has 0 fully saturated rings. The molecule has 4 nitrogen and oxygen atoms in total. The summed E-state index contributed by atoms with van der Waals surface area (Å²) in [7, 11) is -3.68. The van der Waals surface area contributed by atoms with Gasteiger partial charge in [-0.05, 0) is 31.5 Å². The van der Waals surface area contributed by atoms with Crippen LogP contribution < -0.4 is 10.0 Å². The van der Waals surface area contributed by atoms with Crippen LogP contribution in [-0.4, -0.2) is 28.1 Å². The molecule has 1 aliphatic rings. The van der Waals surface area contributed by atoms with Gasteiger partial charge in [0.15, 0.2) is 0 Å². The molecule has 0 amide bonds. The highest BCUT2D eigenvalue weighted by Gasteiger charge is 2.21. The number of hydrogen-bond donors (Lipinski definition) is 2. The summed E-state index contributed by atoms with van der Waals surface area (Å²) >= 11 is 11.8. The van der Waals surface area contributed by atoms with E-state index in [-0.39, 0.29) is 14.9 Å². The second-order valence-corrected chi connectivity index (χ2v) is 7.03. The number of benzene rings is 1. The first-order valence-electron chi connectivity index (χ1n) is 6.33. The lowest BCUT2D eigenvalue weighted by molar-refractivity contribution is 0.580. The lowest BCUT2D eigenvalue weighted by atomic mass is 10.1. The van der Waals surface area contributed by atoms with E-state index in [9.17, 15) is 8.42 Å². The average Bonchev–Trinajstić information content (AvgIpc) is 2.39. The molecule has 0 aromatic heterocycles. The van der Waals surface area contributed by atoms with Gasteiger partial charge in [0.1, 0.15) is 4.90 Å². The third-order valence-electron chi connectivity index (χ3n) is 3.08. The zero-order chi connectivity index (χ0) is 14.6. The molecule has 7 heteroatoms. The van der Waals surface area contributed by atoms with Crippen molar-refractivity contribution in [2.75, 3.05) is 19.6 Å². The Labute approximate surface area is 129 Å². The summed E-state index contributed by atoms with van der Waals surface area (Å²) in [6.07, 6.45) is 3.75. The molecule has 2 rings (SSSR count). The van der Waals surface area contributed by atoms with Gasteiger partial charge in [-0.3, -0.25) is 0 Å². The third kappa shape index (κ3) is 3.96. The van der Waals surface area contributed by atoms with E-state index in [0.29, 0.717) is 13.0 Å². The van der Waals surface area contributed by atoms with E-state index in [1.165, 1.54) is 17.7 Å². The van der Waals surface area contributed by atoms with Gasteiger partial charge >= 0.3 is 0 Å². The largest absolute Gasteiger partial charge is 0.313 e. The number of rotatable bonds is 5. The molecule has 0 spiro atoms. The summed E-state index contributed by atoms with van der Waals surface area (Å²) in [5.41, 5.74) is 1.26. The van der Waals surface area contributed by atoms with Crippen LogP contribution in [0.4, 0.5) is 0 Å². The lowest BCUT2D eigenvalue weighted by Crippen LogP contribution is -2.27. The molecule has 0 unspecified atom stereocenters. The highest BCUT2D eigenvalue weighted by Crippen LogP contribution is 2.28. The van der Waals surface area contributed by atoms with E-state index >= 15 is 0 Å². The van der Waals surface area contributed by atoms with Gasteiger partial charge in [-0.25, -0.2) is 13.1 Å². The van der Waals surface area contributed by atoms with Gasteiger partial charge in [0.2, 0.25) is 10.0 Å². The van der Waals surface area contributed by atoms with Crippen LogP contribution in [0.2, 0.25) is 10.0 Å². The Hall–Kier alpha value is -0.590. The quantitative estimate of drug-likeness (QED) is 0.813. The van der Waals surface area contributed by atoms with Crippen molar-refractivity contribution in [3.8, 4) is 0 Å². The van der Waals surface area contributed by atoms with Crippen LogP contribution in [0.25, 0.3) is 0 Å². The van der Waals surface area contributed by atoms with E-state index in [0.717, 1.165) is 19.5 Å². The van der Waals surface area contributed by atoms with Crippen molar-refractivity contribution in [1.82, 2.24) is 10.0 Å². The fourth-order valence-corrected chi connectivity index (χ4v) is 4.23. The van der Waals surface area contributed by atoms with Crippen LogP contribution >= 0.6 is 23.2 Å². The Kier molecular flexibility index (Phi) is 5.46. The van der Waals surface area contributed by atoms with Gasteiger partial charge in [-0.1, -0.05) is 40.9 Å². The molecule has 1 heterocycles. The number of hydrogen-bond acceptors (Lipinski definition) is 3. The van der Waals surface area contributed by atoms with E-state index in [4.69, 9.17) is 23.2 Å². The van der Waals surface area contributed by atoms with Crippen LogP contribution in [0.15, 0.2) is 34.7 Å². The maximum Gasteiger partial charge on any atom is 0.243 e. The second kappa shape index (κ2) is 6.91. The number of halogens is 2. The molecule has 0 bridgehead atoms. The minimum absolute atomic E-state index is 0.0531. The highest BCUT2D eigenvalue weighted by molar-refractivity contribution is 7.89. The first-order valence-corrected chi connectivity index (χ1v) is 8.57. The number of sulfonamides is 1. The van der Waals surface area contributed by atoms with Gasteiger partial charge in [-0.2, -0.15) is 0 Å². The summed E-state index contributed by atoms with van der Waals surface area (Å²) in [5.74, 6) is 0. The Balaban J connectivity index is 2.02. The third-order valence-corrected chi connectivity index (χ3v) is 5.50.